The number of rotatable bonds is 3. The molecule has 0 aliphatic rings. The fourth-order valence-corrected chi connectivity index (χ4v) is 1.27. The van der Waals surface area contributed by atoms with E-state index in [0.717, 1.165) is 11.3 Å². The Morgan fingerprint density at radius 2 is 1.83 bits per heavy atom. The van der Waals surface area contributed by atoms with E-state index in [1.54, 1.807) is 13.8 Å². The molecule has 0 aliphatic heterocycles. The van der Waals surface area contributed by atoms with Crippen LogP contribution >= 0.6 is 0 Å². The maximum atomic E-state index is 11.1. The van der Waals surface area contributed by atoms with Crippen molar-refractivity contribution in [3.8, 4) is 0 Å². The van der Waals surface area contributed by atoms with Gasteiger partial charge in [-0.2, -0.15) is 0 Å². The third-order valence-corrected chi connectivity index (χ3v) is 1.73. The maximum absolute atomic E-state index is 11.1. The summed E-state index contributed by atoms with van der Waals surface area (Å²) in [6.45, 7) is 3.39. The van der Waals surface area contributed by atoms with Gasteiger partial charge >= 0.3 is 0 Å². The summed E-state index contributed by atoms with van der Waals surface area (Å²) in [6.07, 6.45) is 0.997. The minimum atomic E-state index is -3.35. The Morgan fingerprint density at radius 3 is 2.08 bits per heavy atom. The van der Waals surface area contributed by atoms with E-state index in [-0.39, 0.29) is 11.8 Å². The standard InChI is InChI=1S/C6H14N2O3S/c1-5(2)6(9)8(3)7-12(4,10)11/h5,7H,1-4H3. The Balaban J connectivity index is 4.24. The minimum absolute atomic E-state index is 0.218. The van der Waals surface area contributed by atoms with Crippen LogP contribution in [0.5, 0.6) is 0 Å². The van der Waals surface area contributed by atoms with E-state index in [2.05, 4.69) is 4.83 Å². The summed E-state index contributed by atoms with van der Waals surface area (Å²) in [7, 11) is -1.97. The van der Waals surface area contributed by atoms with Gasteiger partial charge in [-0.15, -0.1) is 4.83 Å². The number of amides is 1. The molecule has 0 saturated carbocycles. The number of carbonyl (C=O) groups is 1. The number of nitrogens with one attached hydrogen (secondary N) is 1. The average molecular weight is 194 g/mol. The highest BCUT2D eigenvalue weighted by Crippen LogP contribution is 1.96. The Morgan fingerprint density at radius 1 is 1.42 bits per heavy atom. The van der Waals surface area contributed by atoms with Gasteiger partial charge in [0.2, 0.25) is 15.9 Å². The van der Waals surface area contributed by atoms with Gasteiger partial charge in [-0.3, -0.25) is 9.80 Å². The van der Waals surface area contributed by atoms with Gasteiger partial charge in [0.15, 0.2) is 0 Å². The largest absolute Gasteiger partial charge is 0.273 e. The fourth-order valence-electron chi connectivity index (χ4n) is 0.681. The predicted octanol–water partition coefficient (Wildman–Crippen LogP) is -0.435. The third kappa shape index (κ3) is 4.30. The number of nitrogens with zero attached hydrogens (tertiary/aromatic N) is 1. The molecule has 0 saturated heterocycles. The molecular weight excluding hydrogens is 180 g/mol. The van der Waals surface area contributed by atoms with Gasteiger partial charge in [0.25, 0.3) is 0 Å². The molecule has 0 aromatic heterocycles. The first-order valence-electron chi connectivity index (χ1n) is 3.49. The van der Waals surface area contributed by atoms with Crippen LogP contribution in [0, 0.1) is 5.92 Å². The molecule has 0 aromatic carbocycles. The zero-order valence-corrected chi connectivity index (χ0v) is 8.47. The molecule has 12 heavy (non-hydrogen) atoms. The van der Waals surface area contributed by atoms with Gasteiger partial charge in [-0.25, -0.2) is 8.42 Å². The van der Waals surface area contributed by atoms with E-state index in [4.69, 9.17) is 0 Å². The molecule has 0 fully saturated rings. The Hall–Kier alpha value is -0.620. The van der Waals surface area contributed by atoms with Crippen molar-refractivity contribution in [2.45, 2.75) is 13.8 Å². The number of hydrazine groups is 1. The van der Waals surface area contributed by atoms with Gasteiger partial charge in [0, 0.05) is 13.0 Å². The Kier molecular flexibility index (Phi) is 3.66. The smallest absolute Gasteiger partial charge is 0.239 e. The average Bonchev–Trinajstić information content (AvgIpc) is 1.82. The molecule has 1 N–H and O–H groups in total. The Bertz CT molecular complexity index is 258. The normalized spacial score (nSPS) is 11.8. The van der Waals surface area contributed by atoms with E-state index < -0.39 is 10.0 Å². The minimum Gasteiger partial charge on any atom is -0.273 e. The van der Waals surface area contributed by atoms with E-state index in [0.29, 0.717) is 0 Å². The lowest BCUT2D eigenvalue weighted by molar-refractivity contribution is -0.134. The Labute approximate surface area is 72.8 Å². The van der Waals surface area contributed by atoms with Crippen LogP contribution in [0.1, 0.15) is 13.8 Å². The van der Waals surface area contributed by atoms with Crippen LogP contribution in [0.4, 0.5) is 0 Å². The molecule has 0 heterocycles. The van der Waals surface area contributed by atoms with E-state index in [1.165, 1.54) is 7.05 Å². The van der Waals surface area contributed by atoms with Crippen molar-refractivity contribution in [2.75, 3.05) is 13.3 Å². The number of hydrogen-bond donors (Lipinski definition) is 1. The second kappa shape index (κ2) is 3.86. The van der Waals surface area contributed by atoms with E-state index in [9.17, 15) is 13.2 Å². The number of carbonyl (C=O) groups excluding carboxylic acids is 1. The fraction of sp³-hybridized carbons (Fsp3) is 0.833. The third-order valence-electron chi connectivity index (χ3n) is 1.13. The zero-order chi connectivity index (χ0) is 9.94. The molecule has 0 unspecified atom stereocenters. The van der Waals surface area contributed by atoms with Crippen LogP contribution in [0.3, 0.4) is 0 Å². The van der Waals surface area contributed by atoms with Crippen LogP contribution in [-0.4, -0.2) is 32.6 Å². The molecule has 0 atom stereocenters. The van der Waals surface area contributed by atoms with Crippen LogP contribution < -0.4 is 4.83 Å². The summed E-state index contributed by atoms with van der Waals surface area (Å²) in [5.74, 6) is -0.482. The van der Waals surface area contributed by atoms with Crippen molar-refractivity contribution >= 4 is 15.9 Å². The van der Waals surface area contributed by atoms with Gasteiger partial charge in [0.05, 0.1) is 6.26 Å². The second-order valence-corrected chi connectivity index (χ2v) is 4.64. The SMILES string of the molecule is CC(C)C(=O)N(C)NS(C)(=O)=O. The molecule has 0 aromatic rings. The van der Waals surface area contributed by atoms with E-state index in [1.807, 2.05) is 0 Å². The van der Waals surface area contributed by atoms with Crippen molar-refractivity contribution in [3.63, 3.8) is 0 Å². The summed E-state index contributed by atoms with van der Waals surface area (Å²) >= 11 is 0. The number of hydrogen-bond acceptors (Lipinski definition) is 3. The van der Waals surface area contributed by atoms with Gasteiger partial charge in [-0.1, -0.05) is 13.8 Å². The van der Waals surface area contributed by atoms with Gasteiger partial charge in [0.1, 0.15) is 0 Å². The highest BCUT2D eigenvalue weighted by atomic mass is 32.2. The lowest BCUT2D eigenvalue weighted by atomic mass is 10.2. The summed E-state index contributed by atoms with van der Waals surface area (Å²) < 4.78 is 21.3. The monoisotopic (exact) mass is 194 g/mol. The molecule has 0 rings (SSSR count). The van der Waals surface area contributed by atoms with Crippen molar-refractivity contribution in [1.29, 1.82) is 0 Å². The molecule has 1 amide bonds. The molecule has 0 aliphatic carbocycles. The predicted molar refractivity (Wildman–Crippen MR) is 45.6 cm³/mol. The second-order valence-electron chi connectivity index (χ2n) is 2.92. The van der Waals surface area contributed by atoms with Crippen molar-refractivity contribution in [1.82, 2.24) is 9.84 Å². The van der Waals surface area contributed by atoms with Gasteiger partial charge < -0.3 is 0 Å². The summed E-state index contributed by atoms with van der Waals surface area (Å²) in [4.78, 5) is 13.2. The van der Waals surface area contributed by atoms with Crippen LogP contribution in [-0.2, 0) is 14.8 Å². The molecule has 0 spiro atoms. The van der Waals surface area contributed by atoms with Crippen molar-refractivity contribution < 1.29 is 13.2 Å². The maximum Gasteiger partial charge on any atom is 0.239 e. The first kappa shape index (κ1) is 11.4. The van der Waals surface area contributed by atoms with Crippen molar-refractivity contribution in [2.24, 2.45) is 5.92 Å². The molecule has 0 radical (unpaired) electrons. The van der Waals surface area contributed by atoms with E-state index >= 15 is 0 Å². The molecule has 0 bridgehead atoms. The van der Waals surface area contributed by atoms with Crippen molar-refractivity contribution in [3.05, 3.63) is 0 Å². The topological polar surface area (TPSA) is 66.5 Å². The van der Waals surface area contributed by atoms with Gasteiger partial charge in [-0.05, 0) is 0 Å². The molecule has 6 heteroatoms. The molecule has 72 valence electrons. The van der Waals surface area contributed by atoms with Crippen LogP contribution in [0.15, 0.2) is 0 Å². The first-order chi connectivity index (χ1) is 5.24. The van der Waals surface area contributed by atoms with Crippen LogP contribution in [0.25, 0.3) is 0 Å². The molecule has 5 nitrogen and oxygen atoms in total. The summed E-state index contributed by atoms with van der Waals surface area (Å²) in [6, 6.07) is 0. The molecular formula is C6H14N2O3S. The summed E-state index contributed by atoms with van der Waals surface area (Å²) in [5.41, 5.74) is 0. The highest BCUT2D eigenvalue weighted by molar-refractivity contribution is 7.88. The quantitative estimate of drug-likeness (QED) is 0.620. The first-order valence-corrected chi connectivity index (χ1v) is 5.38. The lowest BCUT2D eigenvalue weighted by Crippen LogP contribution is -2.44. The zero-order valence-electron chi connectivity index (χ0n) is 7.66. The lowest BCUT2D eigenvalue weighted by Gasteiger charge is -2.18. The van der Waals surface area contributed by atoms with Crippen LogP contribution in [0.2, 0.25) is 0 Å². The summed E-state index contributed by atoms with van der Waals surface area (Å²) in [5, 5.41) is 0.972. The highest BCUT2D eigenvalue weighted by Gasteiger charge is 2.15. The number of sulfonamides is 1.